The van der Waals surface area contributed by atoms with Crippen molar-refractivity contribution in [3.8, 4) is 0 Å². The zero-order valence-corrected chi connectivity index (χ0v) is 14.4. The molecule has 0 aliphatic carbocycles. The molecule has 0 aliphatic rings. The van der Waals surface area contributed by atoms with E-state index in [1.807, 2.05) is 19.6 Å². The molecule has 0 saturated heterocycles. The van der Waals surface area contributed by atoms with Crippen LogP contribution < -0.4 is 0 Å². The molecule has 0 bridgehead atoms. The van der Waals surface area contributed by atoms with E-state index < -0.39 is 44.2 Å². The maximum atomic E-state index is 13.2. The molecule has 2 unspecified atom stereocenters. The van der Waals surface area contributed by atoms with Crippen molar-refractivity contribution in [2.75, 3.05) is 0 Å². The summed E-state index contributed by atoms with van der Waals surface area (Å²) in [6, 6.07) is 0. The van der Waals surface area contributed by atoms with Crippen LogP contribution in [0.1, 0.15) is 13.3 Å². The molecule has 0 rings (SSSR count). The minimum Gasteiger partial charge on any atom is -0.463 e. The SMILES string of the molecule is CCC(OC(=O)/C=C/C(=O)OC(F)(C(F)F)C(F)(F)F)[Si](C)(C)C. The van der Waals surface area contributed by atoms with E-state index >= 15 is 0 Å². The summed E-state index contributed by atoms with van der Waals surface area (Å²) in [4.78, 5) is 22.6. The van der Waals surface area contributed by atoms with Gasteiger partial charge in [-0.1, -0.05) is 26.6 Å². The summed E-state index contributed by atoms with van der Waals surface area (Å²) >= 11 is 0. The number of ether oxygens (including phenoxy) is 2. The molecule has 0 saturated carbocycles. The van der Waals surface area contributed by atoms with E-state index in [4.69, 9.17) is 4.74 Å². The molecule has 0 amide bonds. The van der Waals surface area contributed by atoms with Gasteiger partial charge in [-0.3, -0.25) is 0 Å². The lowest BCUT2D eigenvalue weighted by Gasteiger charge is -2.27. The van der Waals surface area contributed by atoms with Crippen molar-refractivity contribution in [2.24, 2.45) is 0 Å². The Hall–Kier alpha value is -1.52. The van der Waals surface area contributed by atoms with Gasteiger partial charge < -0.3 is 9.47 Å². The Kier molecular flexibility index (Phi) is 7.53. The van der Waals surface area contributed by atoms with Crippen LogP contribution in [-0.2, 0) is 19.1 Å². The van der Waals surface area contributed by atoms with Crippen molar-refractivity contribution in [1.29, 1.82) is 0 Å². The van der Waals surface area contributed by atoms with E-state index in [0.29, 0.717) is 12.5 Å². The minimum atomic E-state index is -6.13. The number of carbonyl (C=O) groups excluding carboxylic acids is 2. The molecule has 0 heterocycles. The Morgan fingerprint density at radius 2 is 1.50 bits per heavy atom. The molecule has 0 aromatic heterocycles. The molecule has 4 nitrogen and oxygen atoms in total. The molecular weight excluding hydrogens is 362 g/mol. The number of hydrogen-bond donors (Lipinski definition) is 0. The van der Waals surface area contributed by atoms with Gasteiger partial charge in [0, 0.05) is 12.2 Å². The lowest BCUT2D eigenvalue weighted by molar-refractivity contribution is -0.354. The normalized spacial score (nSPS) is 16.8. The maximum Gasteiger partial charge on any atom is 0.466 e. The fourth-order valence-corrected chi connectivity index (χ4v) is 3.29. The molecule has 0 spiro atoms. The van der Waals surface area contributed by atoms with E-state index in [0.717, 1.165) is 0 Å². The first-order valence-electron chi connectivity index (χ1n) is 6.80. The van der Waals surface area contributed by atoms with Crippen LogP contribution in [0.2, 0.25) is 19.6 Å². The zero-order chi connectivity index (χ0) is 19.3. The Morgan fingerprint density at radius 3 is 1.83 bits per heavy atom. The highest BCUT2D eigenvalue weighted by atomic mass is 28.3. The number of rotatable bonds is 7. The average Bonchev–Trinajstić information content (AvgIpc) is 2.39. The summed E-state index contributed by atoms with van der Waals surface area (Å²) in [5, 5.41) is 0. The van der Waals surface area contributed by atoms with E-state index in [2.05, 4.69) is 4.74 Å². The number of hydrogen-bond acceptors (Lipinski definition) is 4. The Morgan fingerprint density at radius 1 is 1.04 bits per heavy atom. The second-order valence-electron chi connectivity index (χ2n) is 5.90. The lowest BCUT2D eigenvalue weighted by atomic mass is 10.3. The summed E-state index contributed by atoms with van der Waals surface area (Å²) in [7, 11) is -1.88. The molecule has 140 valence electrons. The maximum absolute atomic E-state index is 13.2. The third-order valence-electron chi connectivity index (χ3n) is 2.87. The van der Waals surface area contributed by atoms with E-state index in [-0.39, 0.29) is 6.08 Å². The van der Waals surface area contributed by atoms with Gasteiger partial charge in [0.05, 0.1) is 13.8 Å². The van der Waals surface area contributed by atoms with Gasteiger partial charge in [0.2, 0.25) is 0 Å². The quantitative estimate of drug-likeness (QED) is 0.292. The number of carbonyl (C=O) groups is 2. The van der Waals surface area contributed by atoms with Gasteiger partial charge in [-0.2, -0.15) is 17.6 Å². The van der Waals surface area contributed by atoms with Crippen molar-refractivity contribution in [2.45, 2.75) is 57.2 Å². The molecular formula is C13H18F6O4Si. The van der Waals surface area contributed by atoms with Crippen molar-refractivity contribution in [3.05, 3.63) is 12.2 Å². The summed E-state index contributed by atoms with van der Waals surface area (Å²) in [5.41, 5.74) is -0.429. The van der Waals surface area contributed by atoms with Crippen LogP contribution in [-0.4, -0.2) is 44.2 Å². The molecule has 2 atom stereocenters. The summed E-state index contributed by atoms with van der Waals surface area (Å²) in [6.07, 6.45) is -9.80. The first kappa shape index (κ1) is 22.5. The van der Waals surface area contributed by atoms with Gasteiger partial charge in [-0.05, 0) is 6.42 Å². The highest BCUT2D eigenvalue weighted by Crippen LogP contribution is 2.40. The highest BCUT2D eigenvalue weighted by molar-refractivity contribution is 6.77. The fourth-order valence-electron chi connectivity index (χ4n) is 1.59. The third kappa shape index (κ3) is 6.17. The first-order valence-corrected chi connectivity index (χ1v) is 10.4. The summed E-state index contributed by atoms with van der Waals surface area (Å²) < 4.78 is 82.4. The topological polar surface area (TPSA) is 52.6 Å². The number of alkyl halides is 6. The minimum absolute atomic E-state index is 0.0989. The first-order chi connectivity index (χ1) is 10.6. The Labute approximate surface area is 135 Å². The molecule has 0 aromatic carbocycles. The van der Waals surface area contributed by atoms with E-state index in [9.17, 15) is 35.9 Å². The molecule has 0 N–H and O–H groups in total. The van der Waals surface area contributed by atoms with Crippen LogP contribution in [0.25, 0.3) is 0 Å². The van der Waals surface area contributed by atoms with Gasteiger partial charge in [0.15, 0.2) is 0 Å². The molecule has 0 radical (unpaired) electrons. The average molecular weight is 380 g/mol. The predicted molar refractivity (Wildman–Crippen MR) is 74.6 cm³/mol. The smallest absolute Gasteiger partial charge is 0.463 e. The van der Waals surface area contributed by atoms with Gasteiger partial charge >= 0.3 is 30.4 Å². The zero-order valence-electron chi connectivity index (χ0n) is 13.4. The molecule has 24 heavy (non-hydrogen) atoms. The van der Waals surface area contributed by atoms with Crippen LogP contribution in [0.5, 0.6) is 0 Å². The number of esters is 2. The monoisotopic (exact) mass is 380 g/mol. The van der Waals surface area contributed by atoms with Crippen LogP contribution in [0.15, 0.2) is 12.2 Å². The van der Waals surface area contributed by atoms with Crippen molar-refractivity contribution < 1.29 is 45.4 Å². The van der Waals surface area contributed by atoms with Gasteiger partial charge in [-0.25, -0.2) is 18.4 Å². The number of halogens is 6. The third-order valence-corrected chi connectivity index (χ3v) is 5.32. The van der Waals surface area contributed by atoms with E-state index in [1.54, 1.807) is 6.92 Å². The Bertz CT molecular complexity index is 486. The fraction of sp³-hybridized carbons (Fsp3) is 0.692. The van der Waals surface area contributed by atoms with Crippen LogP contribution in [0.4, 0.5) is 26.3 Å². The second kappa shape index (κ2) is 8.04. The standard InChI is InChI=1S/C13H18F6O4Si/c1-5-10(24(2,3)4)22-8(20)6-7-9(21)23-12(16,11(14)15)13(17,18)19/h6-7,10-11H,5H2,1-4H3/b7-6+. The van der Waals surface area contributed by atoms with E-state index in [1.165, 1.54) is 0 Å². The summed E-state index contributed by atoms with van der Waals surface area (Å²) in [5.74, 6) is -8.62. The highest BCUT2D eigenvalue weighted by Gasteiger charge is 2.66. The van der Waals surface area contributed by atoms with Crippen LogP contribution in [0.3, 0.4) is 0 Å². The van der Waals surface area contributed by atoms with Crippen LogP contribution in [0, 0.1) is 0 Å². The van der Waals surface area contributed by atoms with Crippen molar-refractivity contribution in [3.63, 3.8) is 0 Å². The van der Waals surface area contributed by atoms with Gasteiger partial charge in [0.1, 0.15) is 0 Å². The summed E-state index contributed by atoms with van der Waals surface area (Å²) in [6.45, 7) is 7.44. The second-order valence-corrected chi connectivity index (χ2v) is 11.3. The molecule has 11 heteroatoms. The predicted octanol–water partition coefficient (Wildman–Crippen LogP) is 3.78. The van der Waals surface area contributed by atoms with Crippen LogP contribution >= 0.6 is 0 Å². The van der Waals surface area contributed by atoms with Gasteiger partial charge in [0.25, 0.3) is 0 Å². The molecule has 0 aliphatic heterocycles. The lowest BCUT2D eigenvalue weighted by Crippen LogP contribution is -2.50. The van der Waals surface area contributed by atoms with Crippen molar-refractivity contribution >= 4 is 20.0 Å². The molecule has 0 aromatic rings. The largest absolute Gasteiger partial charge is 0.466 e. The van der Waals surface area contributed by atoms with Crippen molar-refractivity contribution in [1.82, 2.24) is 0 Å². The van der Waals surface area contributed by atoms with Gasteiger partial charge in [-0.15, -0.1) is 0 Å². The molecule has 0 fully saturated rings. The Balaban J connectivity index is 4.93.